The number of nitrogens with zero attached hydrogens (tertiary/aromatic N) is 1. The van der Waals surface area contributed by atoms with Crippen molar-refractivity contribution in [1.29, 1.82) is 0 Å². The third-order valence-electron chi connectivity index (χ3n) is 3.22. The van der Waals surface area contributed by atoms with Crippen molar-refractivity contribution in [2.24, 2.45) is 5.16 Å². The summed E-state index contributed by atoms with van der Waals surface area (Å²) < 4.78 is 5.01. The van der Waals surface area contributed by atoms with Crippen LogP contribution in [0.15, 0.2) is 23.4 Å². The standard InChI is InChI=1S/C14H17NO5/c1-14(2,18)12-7-10(15-20-12)8-4-5-11(19-3)9(6-8)13(16)17/h4-6,12,18H,7H2,1-3H3,(H,16,17). The van der Waals surface area contributed by atoms with E-state index in [0.717, 1.165) is 0 Å². The van der Waals surface area contributed by atoms with Crippen molar-refractivity contribution in [1.82, 2.24) is 0 Å². The van der Waals surface area contributed by atoms with Gasteiger partial charge < -0.3 is 19.8 Å². The SMILES string of the molecule is COc1ccc(C2=NOC(C(C)(C)O)C2)cc1C(=O)O. The van der Waals surface area contributed by atoms with Crippen LogP contribution in [0, 0.1) is 0 Å². The van der Waals surface area contributed by atoms with Crippen molar-refractivity contribution < 1.29 is 24.6 Å². The number of benzene rings is 1. The summed E-state index contributed by atoms with van der Waals surface area (Å²) >= 11 is 0. The second kappa shape index (κ2) is 5.13. The molecule has 0 fully saturated rings. The van der Waals surface area contributed by atoms with Gasteiger partial charge in [-0.25, -0.2) is 4.79 Å². The zero-order valence-corrected chi connectivity index (χ0v) is 11.6. The zero-order valence-electron chi connectivity index (χ0n) is 11.6. The molecule has 20 heavy (non-hydrogen) atoms. The van der Waals surface area contributed by atoms with Gasteiger partial charge in [0.15, 0.2) is 6.10 Å². The van der Waals surface area contributed by atoms with Crippen LogP contribution in [-0.4, -0.2) is 40.7 Å². The number of hydrogen-bond donors (Lipinski definition) is 2. The van der Waals surface area contributed by atoms with E-state index < -0.39 is 17.7 Å². The number of carboxylic acid groups (broad SMARTS) is 1. The van der Waals surface area contributed by atoms with Crippen LogP contribution in [0.4, 0.5) is 0 Å². The van der Waals surface area contributed by atoms with E-state index in [1.807, 2.05) is 0 Å². The summed E-state index contributed by atoms with van der Waals surface area (Å²) in [5, 5.41) is 23.0. The third kappa shape index (κ3) is 2.75. The molecule has 2 rings (SSSR count). The molecule has 0 aliphatic carbocycles. The lowest BCUT2D eigenvalue weighted by Crippen LogP contribution is -2.36. The Kier molecular flexibility index (Phi) is 3.67. The third-order valence-corrected chi connectivity index (χ3v) is 3.22. The summed E-state index contributed by atoms with van der Waals surface area (Å²) in [6, 6.07) is 4.80. The van der Waals surface area contributed by atoms with Crippen LogP contribution in [0.3, 0.4) is 0 Å². The topological polar surface area (TPSA) is 88.4 Å². The molecule has 1 unspecified atom stereocenters. The number of aromatic carboxylic acids is 1. The highest BCUT2D eigenvalue weighted by Crippen LogP contribution is 2.27. The fourth-order valence-electron chi connectivity index (χ4n) is 1.98. The lowest BCUT2D eigenvalue weighted by atomic mass is 9.94. The van der Waals surface area contributed by atoms with Crippen molar-refractivity contribution in [3.8, 4) is 5.75 Å². The Morgan fingerprint density at radius 3 is 2.70 bits per heavy atom. The molecule has 0 bridgehead atoms. The quantitative estimate of drug-likeness (QED) is 0.875. The molecule has 6 nitrogen and oxygen atoms in total. The minimum atomic E-state index is -1.07. The molecule has 108 valence electrons. The number of carbonyl (C=O) groups is 1. The summed E-state index contributed by atoms with van der Waals surface area (Å²) in [4.78, 5) is 16.4. The normalized spacial score (nSPS) is 18.4. The van der Waals surface area contributed by atoms with Gasteiger partial charge in [0, 0.05) is 12.0 Å². The predicted molar refractivity (Wildman–Crippen MR) is 72.3 cm³/mol. The van der Waals surface area contributed by atoms with Crippen LogP contribution in [0.1, 0.15) is 36.2 Å². The molecule has 1 aromatic rings. The molecule has 1 atom stereocenters. The molecule has 0 saturated carbocycles. The van der Waals surface area contributed by atoms with Crippen LogP contribution in [-0.2, 0) is 4.84 Å². The fourth-order valence-corrected chi connectivity index (χ4v) is 1.98. The first-order valence-electron chi connectivity index (χ1n) is 6.19. The summed E-state index contributed by atoms with van der Waals surface area (Å²) in [6.07, 6.45) is -0.0117. The van der Waals surface area contributed by atoms with Gasteiger partial charge in [-0.15, -0.1) is 0 Å². The van der Waals surface area contributed by atoms with Crippen LogP contribution < -0.4 is 4.74 Å². The molecule has 2 N–H and O–H groups in total. The number of methoxy groups -OCH3 is 1. The van der Waals surface area contributed by atoms with Crippen LogP contribution in [0.5, 0.6) is 5.75 Å². The number of rotatable bonds is 4. The molecule has 1 aromatic carbocycles. The highest BCUT2D eigenvalue weighted by molar-refractivity contribution is 6.03. The van der Waals surface area contributed by atoms with Crippen molar-refractivity contribution in [3.05, 3.63) is 29.3 Å². The molecular weight excluding hydrogens is 262 g/mol. The Balaban J connectivity index is 2.27. The van der Waals surface area contributed by atoms with Gasteiger partial charge in [0.25, 0.3) is 0 Å². The van der Waals surface area contributed by atoms with E-state index in [-0.39, 0.29) is 5.56 Å². The Morgan fingerprint density at radius 2 is 2.20 bits per heavy atom. The van der Waals surface area contributed by atoms with Gasteiger partial charge in [-0.05, 0) is 32.0 Å². The van der Waals surface area contributed by atoms with Crippen molar-refractivity contribution in [2.75, 3.05) is 7.11 Å². The first-order valence-corrected chi connectivity index (χ1v) is 6.19. The molecule has 0 saturated heterocycles. The number of aliphatic hydroxyl groups is 1. The van der Waals surface area contributed by atoms with E-state index >= 15 is 0 Å². The van der Waals surface area contributed by atoms with Gasteiger partial charge in [0.1, 0.15) is 11.3 Å². The minimum Gasteiger partial charge on any atom is -0.496 e. The summed E-state index contributed by atoms with van der Waals surface area (Å²) in [5.74, 6) is -0.776. The Hall–Kier alpha value is -2.08. The van der Waals surface area contributed by atoms with E-state index in [2.05, 4.69) is 5.16 Å². The van der Waals surface area contributed by atoms with Crippen LogP contribution in [0.2, 0.25) is 0 Å². The number of ether oxygens (including phenoxy) is 1. The Morgan fingerprint density at radius 1 is 1.50 bits per heavy atom. The average molecular weight is 279 g/mol. The van der Waals surface area contributed by atoms with Crippen LogP contribution >= 0.6 is 0 Å². The van der Waals surface area contributed by atoms with Gasteiger partial charge in [0.05, 0.1) is 18.4 Å². The maximum atomic E-state index is 11.2. The molecule has 0 radical (unpaired) electrons. The van der Waals surface area contributed by atoms with Gasteiger partial charge in [-0.1, -0.05) is 5.16 Å². The van der Waals surface area contributed by atoms with Crippen molar-refractivity contribution in [2.45, 2.75) is 32.0 Å². The largest absolute Gasteiger partial charge is 0.496 e. The number of oxime groups is 1. The summed E-state index contributed by atoms with van der Waals surface area (Å²) in [5.41, 5.74) is 0.324. The highest BCUT2D eigenvalue weighted by atomic mass is 16.7. The van der Waals surface area contributed by atoms with E-state index in [0.29, 0.717) is 23.4 Å². The molecular formula is C14H17NO5. The maximum Gasteiger partial charge on any atom is 0.339 e. The number of hydrogen-bond acceptors (Lipinski definition) is 5. The second-order valence-electron chi connectivity index (χ2n) is 5.21. The molecule has 6 heteroatoms. The molecule has 0 spiro atoms. The second-order valence-corrected chi connectivity index (χ2v) is 5.21. The maximum absolute atomic E-state index is 11.2. The lowest BCUT2D eigenvalue weighted by Gasteiger charge is -2.22. The first-order chi connectivity index (χ1) is 9.32. The highest BCUT2D eigenvalue weighted by Gasteiger charge is 2.35. The van der Waals surface area contributed by atoms with E-state index in [4.69, 9.17) is 14.7 Å². The van der Waals surface area contributed by atoms with Gasteiger partial charge >= 0.3 is 5.97 Å². The number of carboxylic acids is 1. The Labute approximate surface area is 116 Å². The summed E-state index contributed by atoms with van der Waals surface area (Å²) in [6.45, 7) is 3.29. The minimum absolute atomic E-state index is 0.0689. The predicted octanol–water partition coefficient (Wildman–Crippen LogP) is 1.66. The molecule has 0 amide bonds. The average Bonchev–Trinajstić information content (AvgIpc) is 2.87. The van der Waals surface area contributed by atoms with Crippen molar-refractivity contribution in [3.63, 3.8) is 0 Å². The van der Waals surface area contributed by atoms with Gasteiger partial charge in [0.2, 0.25) is 0 Å². The van der Waals surface area contributed by atoms with E-state index in [1.54, 1.807) is 26.0 Å². The fraction of sp³-hybridized carbons (Fsp3) is 0.429. The molecule has 0 aromatic heterocycles. The molecule has 1 aliphatic rings. The zero-order chi connectivity index (χ0) is 14.9. The van der Waals surface area contributed by atoms with Gasteiger partial charge in [-0.3, -0.25) is 0 Å². The van der Waals surface area contributed by atoms with E-state index in [1.165, 1.54) is 13.2 Å². The van der Waals surface area contributed by atoms with E-state index in [9.17, 15) is 9.90 Å². The molecule has 1 aliphatic heterocycles. The van der Waals surface area contributed by atoms with Crippen molar-refractivity contribution >= 4 is 11.7 Å². The smallest absolute Gasteiger partial charge is 0.339 e. The Bertz CT molecular complexity index is 559. The first kappa shape index (κ1) is 14.3. The lowest BCUT2D eigenvalue weighted by molar-refractivity contribution is -0.0719. The van der Waals surface area contributed by atoms with Crippen LogP contribution in [0.25, 0.3) is 0 Å². The molecule has 1 heterocycles. The summed E-state index contributed by atoms with van der Waals surface area (Å²) in [7, 11) is 1.42. The monoisotopic (exact) mass is 279 g/mol. The van der Waals surface area contributed by atoms with Gasteiger partial charge in [-0.2, -0.15) is 0 Å².